The van der Waals surface area contributed by atoms with Gasteiger partial charge < -0.3 is 5.32 Å². The van der Waals surface area contributed by atoms with E-state index in [4.69, 9.17) is 0 Å². The number of nitrogens with one attached hydrogen (secondary N) is 1. The second-order valence-corrected chi connectivity index (χ2v) is 4.19. The van der Waals surface area contributed by atoms with Gasteiger partial charge in [0.2, 0.25) is 0 Å². The lowest BCUT2D eigenvalue weighted by molar-refractivity contribution is 0.373. The van der Waals surface area contributed by atoms with E-state index in [2.05, 4.69) is 39.6 Å². The maximum atomic E-state index is 3.88. The lowest BCUT2D eigenvalue weighted by Gasteiger charge is -2.18. The van der Waals surface area contributed by atoms with Crippen LogP contribution in [0.1, 0.15) is 40.5 Å². The minimum atomic E-state index is 0.432. The van der Waals surface area contributed by atoms with Crippen LogP contribution in [0, 0.1) is 5.41 Å². The molecule has 0 aliphatic rings. The van der Waals surface area contributed by atoms with Crippen LogP contribution in [-0.4, -0.2) is 6.54 Å². The van der Waals surface area contributed by atoms with Crippen LogP contribution in [0.15, 0.2) is 12.3 Å². The highest BCUT2D eigenvalue weighted by atomic mass is 14.9. The molecule has 0 aromatic rings. The molecule has 0 aliphatic heterocycles. The van der Waals surface area contributed by atoms with E-state index in [1.165, 1.54) is 6.42 Å². The predicted molar refractivity (Wildman–Crippen MR) is 51.5 cm³/mol. The van der Waals surface area contributed by atoms with Crippen LogP contribution in [-0.2, 0) is 0 Å². The Bertz CT molecular complexity index is 119. The summed E-state index contributed by atoms with van der Waals surface area (Å²) in [5, 5.41) is 3.29. The second kappa shape index (κ2) is 4.42. The molecule has 1 N–H and O–H groups in total. The first kappa shape index (κ1) is 10.5. The first-order valence-electron chi connectivity index (χ1n) is 4.37. The zero-order chi connectivity index (χ0) is 8.91. The molecule has 1 heteroatoms. The topological polar surface area (TPSA) is 12.0 Å². The van der Waals surface area contributed by atoms with Gasteiger partial charge in [-0.05, 0) is 18.3 Å². The number of rotatable bonds is 4. The fourth-order valence-corrected chi connectivity index (χ4v) is 0.739. The summed E-state index contributed by atoms with van der Waals surface area (Å²) in [6.07, 6.45) is 2.23. The number of hydrogen-bond acceptors (Lipinski definition) is 1. The highest BCUT2D eigenvalue weighted by molar-refractivity contribution is 4.89. The van der Waals surface area contributed by atoms with Crippen molar-refractivity contribution in [2.45, 2.75) is 40.5 Å². The molecular weight excluding hydrogens is 134 g/mol. The molecule has 0 bridgehead atoms. The summed E-state index contributed by atoms with van der Waals surface area (Å²) >= 11 is 0. The highest BCUT2D eigenvalue weighted by Crippen LogP contribution is 2.17. The van der Waals surface area contributed by atoms with E-state index < -0.39 is 0 Å². The van der Waals surface area contributed by atoms with Crippen molar-refractivity contribution in [3.05, 3.63) is 12.3 Å². The molecule has 0 saturated carbocycles. The standard InChI is InChI=1S/C10H21N/c1-6-9(2)11-8-7-10(3,4)5/h11H,2,6-8H2,1,3-5H3. The van der Waals surface area contributed by atoms with E-state index in [0.717, 1.165) is 18.7 Å². The third kappa shape index (κ3) is 7.44. The van der Waals surface area contributed by atoms with Crippen molar-refractivity contribution in [2.24, 2.45) is 5.41 Å². The van der Waals surface area contributed by atoms with Crippen LogP contribution in [0.2, 0.25) is 0 Å². The van der Waals surface area contributed by atoms with E-state index >= 15 is 0 Å². The molecule has 0 heterocycles. The largest absolute Gasteiger partial charge is 0.389 e. The molecule has 0 aliphatic carbocycles. The minimum absolute atomic E-state index is 0.432. The molecule has 0 amide bonds. The molecule has 0 rings (SSSR count). The third-order valence-electron chi connectivity index (χ3n) is 1.68. The molecule has 0 aromatic carbocycles. The summed E-state index contributed by atoms with van der Waals surface area (Å²) in [4.78, 5) is 0. The number of hydrogen-bond donors (Lipinski definition) is 1. The van der Waals surface area contributed by atoms with Gasteiger partial charge in [-0.15, -0.1) is 0 Å². The van der Waals surface area contributed by atoms with Crippen LogP contribution < -0.4 is 5.32 Å². The van der Waals surface area contributed by atoms with Crippen LogP contribution in [0.3, 0.4) is 0 Å². The fraction of sp³-hybridized carbons (Fsp3) is 0.800. The SMILES string of the molecule is C=C(CC)NCCC(C)(C)C. The summed E-state index contributed by atoms with van der Waals surface area (Å²) in [5.41, 5.74) is 1.58. The van der Waals surface area contributed by atoms with E-state index in [1.807, 2.05) is 0 Å². The summed E-state index contributed by atoms with van der Waals surface area (Å²) in [7, 11) is 0. The maximum Gasteiger partial charge on any atom is 0.0148 e. The van der Waals surface area contributed by atoms with Gasteiger partial charge in [0.15, 0.2) is 0 Å². The molecule has 66 valence electrons. The third-order valence-corrected chi connectivity index (χ3v) is 1.68. The summed E-state index contributed by atoms with van der Waals surface area (Å²) in [5.74, 6) is 0. The Morgan fingerprint density at radius 2 is 1.91 bits per heavy atom. The van der Waals surface area contributed by atoms with Gasteiger partial charge in [-0.1, -0.05) is 34.3 Å². The lowest BCUT2D eigenvalue weighted by Crippen LogP contribution is -2.19. The van der Waals surface area contributed by atoms with Crippen LogP contribution in [0.5, 0.6) is 0 Å². The lowest BCUT2D eigenvalue weighted by atomic mass is 9.92. The molecule has 0 fully saturated rings. The Balaban J connectivity index is 3.35. The van der Waals surface area contributed by atoms with Gasteiger partial charge in [0.1, 0.15) is 0 Å². The first-order chi connectivity index (χ1) is 4.95. The van der Waals surface area contributed by atoms with Crippen molar-refractivity contribution < 1.29 is 0 Å². The minimum Gasteiger partial charge on any atom is -0.389 e. The van der Waals surface area contributed by atoms with Crippen molar-refractivity contribution in [1.29, 1.82) is 0 Å². The van der Waals surface area contributed by atoms with Crippen LogP contribution >= 0.6 is 0 Å². The Morgan fingerprint density at radius 1 is 1.36 bits per heavy atom. The van der Waals surface area contributed by atoms with E-state index in [-0.39, 0.29) is 0 Å². The Kier molecular flexibility index (Phi) is 4.24. The van der Waals surface area contributed by atoms with Gasteiger partial charge >= 0.3 is 0 Å². The van der Waals surface area contributed by atoms with Gasteiger partial charge in [0.25, 0.3) is 0 Å². The van der Waals surface area contributed by atoms with Crippen molar-refractivity contribution in [2.75, 3.05) is 6.54 Å². The monoisotopic (exact) mass is 155 g/mol. The van der Waals surface area contributed by atoms with Gasteiger partial charge in [0, 0.05) is 12.2 Å². The first-order valence-corrected chi connectivity index (χ1v) is 4.37. The summed E-state index contributed by atoms with van der Waals surface area (Å²) in [6.45, 7) is 13.8. The van der Waals surface area contributed by atoms with E-state index in [1.54, 1.807) is 0 Å². The normalized spacial score (nSPS) is 11.3. The molecule has 0 spiro atoms. The molecule has 0 saturated heterocycles. The van der Waals surface area contributed by atoms with Gasteiger partial charge in [0.05, 0.1) is 0 Å². The molecule has 1 nitrogen and oxygen atoms in total. The van der Waals surface area contributed by atoms with Gasteiger partial charge in [-0.2, -0.15) is 0 Å². The van der Waals surface area contributed by atoms with Crippen LogP contribution in [0.25, 0.3) is 0 Å². The molecule has 0 atom stereocenters. The highest BCUT2D eigenvalue weighted by Gasteiger charge is 2.08. The van der Waals surface area contributed by atoms with Gasteiger partial charge in [-0.3, -0.25) is 0 Å². The maximum absolute atomic E-state index is 3.88. The predicted octanol–water partition coefficient (Wildman–Crippen LogP) is 2.94. The quantitative estimate of drug-likeness (QED) is 0.658. The summed E-state index contributed by atoms with van der Waals surface area (Å²) < 4.78 is 0. The molecular formula is C10H21N. The second-order valence-electron chi connectivity index (χ2n) is 4.19. The van der Waals surface area contributed by atoms with Crippen molar-refractivity contribution in [3.63, 3.8) is 0 Å². The van der Waals surface area contributed by atoms with E-state index in [9.17, 15) is 0 Å². The fourth-order valence-electron chi connectivity index (χ4n) is 0.739. The molecule has 0 aromatic heterocycles. The average molecular weight is 155 g/mol. The molecule has 0 radical (unpaired) electrons. The smallest absolute Gasteiger partial charge is 0.0148 e. The van der Waals surface area contributed by atoms with Crippen molar-refractivity contribution in [3.8, 4) is 0 Å². The summed E-state index contributed by atoms with van der Waals surface area (Å²) in [6, 6.07) is 0. The number of allylic oxidation sites excluding steroid dienone is 1. The van der Waals surface area contributed by atoms with Gasteiger partial charge in [-0.25, -0.2) is 0 Å². The Morgan fingerprint density at radius 3 is 2.27 bits per heavy atom. The van der Waals surface area contributed by atoms with Crippen molar-refractivity contribution in [1.82, 2.24) is 5.32 Å². The zero-order valence-corrected chi connectivity index (χ0v) is 8.33. The van der Waals surface area contributed by atoms with Crippen molar-refractivity contribution >= 4 is 0 Å². The Labute approximate surface area is 70.9 Å². The average Bonchev–Trinajstić information content (AvgIpc) is 1.85. The zero-order valence-electron chi connectivity index (χ0n) is 8.33. The van der Waals surface area contributed by atoms with Crippen LogP contribution in [0.4, 0.5) is 0 Å². The molecule has 11 heavy (non-hydrogen) atoms. The molecule has 0 unspecified atom stereocenters. The Hall–Kier alpha value is -0.460. The van der Waals surface area contributed by atoms with E-state index in [0.29, 0.717) is 5.41 Å².